The van der Waals surface area contributed by atoms with Gasteiger partial charge in [0.15, 0.2) is 0 Å². The van der Waals surface area contributed by atoms with Gasteiger partial charge in [-0.05, 0) is 32.1 Å². The Bertz CT molecular complexity index is 528. The average Bonchev–Trinajstić information content (AvgIpc) is 3.10. The Kier molecular flexibility index (Phi) is 4.50. The summed E-state index contributed by atoms with van der Waals surface area (Å²) >= 11 is 0. The summed E-state index contributed by atoms with van der Waals surface area (Å²) in [7, 11) is -2.15. The zero-order valence-electron chi connectivity index (χ0n) is 11.8. The zero-order chi connectivity index (χ0) is 14.8. The minimum Gasteiger partial charge on any atom is -0.475 e. The number of hydrogen-bond donors (Lipinski definition) is 2. The highest BCUT2D eigenvalue weighted by molar-refractivity contribution is 7.62. The first-order valence-corrected chi connectivity index (χ1v) is 9.33. The number of hydrogen-bond acceptors (Lipinski definition) is 7. The van der Waals surface area contributed by atoms with Gasteiger partial charge in [0.25, 0.3) is 0 Å². The van der Waals surface area contributed by atoms with Crippen molar-refractivity contribution < 1.29 is 14.0 Å². The Balaban J connectivity index is 1.90. The summed E-state index contributed by atoms with van der Waals surface area (Å²) in [6.45, 7) is 4.03. The molecule has 1 fully saturated rings. The quantitative estimate of drug-likeness (QED) is 0.579. The lowest BCUT2D eigenvalue weighted by Gasteiger charge is -2.13. The van der Waals surface area contributed by atoms with Crippen LogP contribution in [0.25, 0.3) is 0 Å². The van der Waals surface area contributed by atoms with Crippen molar-refractivity contribution in [1.82, 2.24) is 9.97 Å². The van der Waals surface area contributed by atoms with Crippen molar-refractivity contribution in [2.75, 3.05) is 44.4 Å². The van der Waals surface area contributed by atoms with Crippen LogP contribution in [-0.4, -0.2) is 42.9 Å². The van der Waals surface area contributed by atoms with Gasteiger partial charge in [-0.3, -0.25) is 0 Å². The van der Waals surface area contributed by atoms with Gasteiger partial charge in [0.05, 0.1) is 18.5 Å². The lowest BCUT2D eigenvalue weighted by molar-refractivity contribution is 0.128. The van der Waals surface area contributed by atoms with Crippen LogP contribution in [0, 0.1) is 0 Å². The monoisotopic (exact) mass is 300 g/mol. The number of nitrogens with zero attached hydrogens (tertiary/aromatic N) is 2. The molecule has 7 nitrogen and oxygen atoms in total. The van der Waals surface area contributed by atoms with E-state index in [9.17, 15) is 4.57 Å². The average molecular weight is 300 g/mol. The number of ether oxygens (including phenoxy) is 2. The molecular formula is C12H21N4O3P. The SMILES string of the molecule is CP(C)(=O)COCCOc1nc(N)nc(N)c1C1CC1. The van der Waals surface area contributed by atoms with Gasteiger partial charge in [-0.2, -0.15) is 9.97 Å². The number of nitrogen functional groups attached to an aromatic ring is 2. The Hall–Kier alpha value is -1.33. The van der Waals surface area contributed by atoms with E-state index in [2.05, 4.69) is 9.97 Å². The van der Waals surface area contributed by atoms with Gasteiger partial charge >= 0.3 is 0 Å². The van der Waals surface area contributed by atoms with Gasteiger partial charge in [0.2, 0.25) is 11.8 Å². The molecule has 0 spiro atoms. The lowest BCUT2D eigenvalue weighted by atomic mass is 10.2. The summed E-state index contributed by atoms with van der Waals surface area (Å²) in [4.78, 5) is 8.06. The highest BCUT2D eigenvalue weighted by Crippen LogP contribution is 2.46. The van der Waals surface area contributed by atoms with Gasteiger partial charge in [0, 0.05) is 0 Å². The highest BCUT2D eigenvalue weighted by atomic mass is 31.2. The molecule has 1 aromatic heterocycles. The summed E-state index contributed by atoms with van der Waals surface area (Å²) in [6.07, 6.45) is 2.39. The molecule has 2 rings (SSSR count). The normalized spacial score (nSPS) is 15.3. The Morgan fingerprint density at radius 1 is 1.25 bits per heavy atom. The van der Waals surface area contributed by atoms with Gasteiger partial charge < -0.3 is 25.5 Å². The fourth-order valence-electron chi connectivity index (χ4n) is 1.83. The number of aromatic nitrogens is 2. The second-order valence-electron chi connectivity index (χ2n) is 5.42. The van der Waals surface area contributed by atoms with Crippen molar-refractivity contribution in [3.63, 3.8) is 0 Å². The zero-order valence-corrected chi connectivity index (χ0v) is 12.7. The second kappa shape index (κ2) is 5.97. The molecule has 1 saturated carbocycles. The maximum Gasteiger partial charge on any atom is 0.225 e. The maximum atomic E-state index is 11.5. The summed E-state index contributed by atoms with van der Waals surface area (Å²) in [5.74, 6) is 1.31. The highest BCUT2D eigenvalue weighted by Gasteiger charge is 2.31. The smallest absolute Gasteiger partial charge is 0.225 e. The third-order valence-electron chi connectivity index (χ3n) is 2.81. The summed E-state index contributed by atoms with van der Waals surface area (Å²) in [5.41, 5.74) is 12.3. The molecule has 0 amide bonds. The van der Waals surface area contributed by atoms with E-state index in [0.717, 1.165) is 18.4 Å². The Morgan fingerprint density at radius 2 is 1.95 bits per heavy atom. The Morgan fingerprint density at radius 3 is 2.55 bits per heavy atom. The third kappa shape index (κ3) is 4.35. The van der Waals surface area contributed by atoms with Gasteiger partial charge in [-0.15, -0.1) is 0 Å². The van der Waals surface area contributed by atoms with E-state index in [4.69, 9.17) is 20.9 Å². The van der Waals surface area contributed by atoms with Crippen LogP contribution in [-0.2, 0) is 9.30 Å². The van der Waals surface area contributed by atoms with Crippen LogP contribution in [0.1, 0.15) is 24.3 Å². The molecule has 0 bridgehead atoms. The third-order valence-corrected chi connectivity index (χ3v) is 3.62. The van der Waals surface area contributed by atoms with Crippen molar-refractivity contribution in [3.05, 3.63) is 5.56 Å². The fourth-order valence-corrected chi connectivity index (χ4v) is 2.40. The second-order valence-corrected chi connectivity index (χ2v) is 8.83. The van der Waals surface area contributed by atoms with Crippen LogP contribution in [0.2, 0.25) is 0 Å². The van der Waals surface area contributed by atoms with Crippen LogP contribution in [0.5, 0.6) is 5.88 Å². The van der Waals surface area contributed by atoms with E-state index in [-0.39, 0.29) is 12.3 Å². The maximum absolute atomic E-state index is 11.5. The minimum atomic E-state index is -2.15. The largest absolute Gasteiger partial charge is 0.475 e. The Labute approximate surface area is 118 Å². The van der Waals surface area contributed by atoms with E-state index in [1.165, 1.54) is 0 Å². The van der Waals surface area contributed by atoms with E-state index in [1.54, 1.807) is 13.3 Å². The van der Waals surface area contributed by atoms with Gasteiger partial charge in [0.1, 0.15) is 19.6 Å². The van der Waals surface area contributed by atoms with E-state index in [0.29, 0.717) is 30.8 Å². The summed E-state index contributed by atoms with van der Waals surface area (Å²) in [5, 5.41) is 0. The van der Waals surface area contributed by atoms with Crippen LogP contribution in [0.15, 0.2) is 0 Å². The molecule has 0 unspecified atom stereocenters. The lowest BCUT2D eigenvalue weighted by Crippen LogP contribution is -2.12. The molecule has 1 aliphatic carbocycles. The molecule has 8 heteroatoms. The summed E-state index contributed by atoms with van der Waals surface area (Å²) < 4.78 is 22.4. The van der Waals surface area contributed by atoms with Gasteiger partial charge in [-0.25, -0.2) is 0 Å². The van der Waals surface area contributed by atoms with Crippen LogP contribution >= 0.6 is 7.14 Å². The molecule has 1 heterocycles. The molecule has 1 aliphatic rings. The molecule has 0 aromatic carbocycles. The molecular weight excluding hydrogens is 279 g/mol. The summed E-state index contributed by atoms with van der Waals surface area (Å²) in [6, 6.07) is 0. The topological polar surface area (TPSA) is 113 Å². The van der Waals surface area contributed by atoms with Gasteiger partial charge in [-0.1, -0.05) is 0 Å². The van der Waals surface area contributed by atoms with E-state index >= 15 is 0 Å². The van der Waals surface area contributed by atoms with E-state index in [1.807, 2.05) is 0 Å². The first-order chi connectivity index (χ1) is 9.37. The molecule has 0 saturated heterocycles. The number of rotatable bonds is 7. The minimum absolute atomic E-state index is 0.106. The number of anilines is 2. The molecule has 1 aromatic rings. The molecule has 4 N–H and O–H groups in total. The first-order valence-electron chi connectivity index (χ1n) is 6.54. The van der Waals surface area contributed by atoms with Crippen molar-refractivity contribution in [1.29, 1.82) is 0 Å². The number of nitrogens with two attached hydrogens (primary N) is 2. The van der Waals surface area contributed by atoms with Crippen molar-refractivity contribution in [3.8, 4) is 5.88 Å². The van der Waals surface area contributed by atoms with Crippen LogP contribution < -0.4 is 16.2 Å². The molecule has 112 valence electrons. The molecule has 0 atom stereocenters. The van der Waals surface area contributed by atoms with Crippen molar-refractivity contribution in [2.24, 2.45) is 0 Å². The van der Waals surface area contributed by atoms with Crippen molar-refractivity contribution >= 4 is 18.9 Å². The van der Waals surface area contributed by atoms with Crippen LogP contribution in [0.3, 0.4) is 0 Å². The van der Waals surface area contributed by atoms with Crippen molar-refractivity contribution in [2.45, 2.75) is 18.8 Å². The predicted octanol–water partition coefficient (Wildman–Crippen LogP) is 1.49. The first kappa shape index (κ1) is 15.1. The molecule has 0 radical (unpaired) electrons. The fraction of sp³-hybridized carbons (Fsp3) is 0.667. The standard InChI is InChI=1S/C12H21N4O3P/c1-20(2,17)7-18-5-6-19-11-9(8-3-4-8)10(13)15-12(14)16-11/h8H,3-7H2,1-2H3,(H4,13,14,15,16). The molecule has 20 heavy (non-hydrogen) atoms. The van der Waals surface area contributed by atoms with Crippen LogP contribution in [0.4, 0.5) is 11.8 Å². The van der Waals surface area contributed by atoms with E-state index < -0.39 is 7.14 Å². The predicted molar refractivity (Wildman–Crippen MR) is 78.6 cm³/mol. The molecule has 0 aliphatic heterocycles.